The van der Waals surface area contributed by atoms with Gasteiger partial charge in [-0.15, -0.1) is 0 Å². The van der Waals surface area contributed by atoms with Crippen LogP contribution in [0.15, 0.2) is 16.8 Å². The van der Waals surface area contributed by atoms with Gasteiger partial charge in [0.25, 0.3) is 0 Å². The van der Waals surface area contributed by atoms with Gasteiger partial charge in [0.1, 0.15) is 0 Å². The van der Waals surface area contributed by atoms with Crippen LogP contribution in [-0.4, -0.2) is 13.7 Å². The first kappa shape index (κ1) is 9.71. The highest BCUT2D eigenvalue weighted by molar-refractivity contribution is 7.08. The van der Waals surface area contributed by atoms with E-state index in [0.717, 1.165) is 6.42 Å². The molecule has 0 aliphatic heterocycles. The summed E-state index contributed by atoms with van der Waals surface area (Å²) in [6, 6.07) is 2.07. The molecule has 2 nitrogen and oxygen atoms in total. The predicted molar refractivity (Wildman–Crippen MR) is 52.4 cm³/mol. The monoisotopic (exact) mass is 185 g/mol. The van der Waals surface area contributed by atoms with Crippen LogP contribution < -0.4 is 5.73 Å². The Hall–Kier alpha value is -0.380. The summed E-state index contributed by atoms with van der Waals surface area (Å²) in [5, 5.41) is 4.14. The summed E-state index contributed by atoms with van der Waals surface area (Å²) < 4.78 is 5.00. The van der Waals surface area contributed by atoms with Crippen LogP contribution in [0.5, 0.6) is 0 Å². The molecule has 68 valence electrons. The molecule has 1 unspecified atom stereocenters. The maximum atomic E-state index is 6.10. The smallest absolute Gasteiger partial charge is 0.0483 e. The van der Waals surface area contributed by atoms with Gasteiger partial charge in [0.15, 0.2) is 0 Å². The second kappa shape index (κ2) is 4.03. The van der Waals surface area contributed by atoms with Crippen molar-refractivity contribution >= 4 is 11.3 Å². The van der Waals surface area contributed by atoms with E-state index < -0.39 is 0 Å². The summed E-state index contributed by atoms with van der Waals surface area (Å²) in [4.78, 5) is 0. The Balaban J connectivity index is 2.59. The summed E-state index contributed by atoms with van der Waals surface area (Å²) in [7, 11) is 1.70. The molecule has 0 aliphatic rings. The fourth-order valence-electron chi connectivity index (χ4n) is 1.05. The number of ether oxygens (including phenoxy) is 1. The van der Waals surface area contributed by atoms with Crippen molar-refractivity contribution < 1.29 is 4.74 Å². The molecular weight excluding hydrogens is 170 g/mol. The number of hydrogen-bond acceptors (Lipinski definition) is 3. The van der Waals surface area contributed by atoms with Gasteiger partial charge in [-0.05, 0) is 35.7 Å². The molecule has 0 fully saturated rings. The average molecular weight is 185 g/mol. The third kappa shape index (κ3) is 2.30. The lowest BCUT2D eigenvalue weighted by Gasteiger charge is -2.23. The van der Waals surface area contributed by atoms with Crippen LogP contribution in [0.2, 0.25) is 0 Å². The van der Waals surface area contributed by atoms with Crippen LogP contribution in [0.25, 0.3) is 0 Å². The van der Waals surface area contributed by atoms with Gasteiger partial charge in [-0.1, -0.05) is 0 Å². The molecule has 1 heterocycles. The SMILES string of the molecule is COCCC(C)(N)c1ccsc1. The van der Waals surface area contributed by atoms with Gasteiger partial charge in [-0.2, -0.15) is 11.3 Å². The number of hydrogen-bond donors (Lipinski definition) is 1. The van der Waals surface area contributed by atoms with E-state index in [2.05, 4.69) is 11.4 Å². The first-order valence-electron chi connectivity index (χ1n) is 3.97. The molecule has 0 bridgehead atoms. The van der Waals surface area contributed by atoms with Crippen molar-refractivity contribution in [3.63, 3.8) is 0 Å². The lowest BCUT2D eigenvalue weighted by atomic mass is 9.93. The molecule has 1 aromatic heterocycles. The van der Waals surface area contributed by atoms with Crippen LogP contribution in [0, 0.1) is 0 Å². The van der Waals surface area contributed by atoms with E-state index in [4.69, 9.17) is 10.5 Å². The second-order valence-corrected chi connectivity index (χ2v) is 3.95. The molecule has 2 N–H and O–H groups in total. The van der Waals surface area contributed by atoms with E-state index in [0.29, 0.717) is 6.61 Å². The van der Waals surface area contributed by atoms with Crippen molar-refractivity contribution in [1.29, 1.82) is 0 Å². The molecule has 0 saturated heterocycles. The number of nitrogens with two attached hydrogens (primary N) is 1. The van der Waals surface area contributed by atoms with Gasteiger partial charge in [0.05, 0.1) is 0 Å². The quantitative estimate of drug-likeness (QED) is 0.778. The van der Waals surface area contributed by atoms with Gasteiger partial charge in [-0.3, -0.25) is 0 Å². The standard InChI is InChI=1S/C9H15NOS/c1-9(10,4-5-11-2)8-3-6-12-7-8/h3,6-7H,4-5,10H2,1-2H3. The predicted octanol–water partition coefficient (Wildman–Crippen LogP) is 1.96. The van der Waals surface area contributed by atoms with Crippen molar-refractivity contribution in [3.05, 3.63) is 22.4 Å². The Kier molecular flexibility index (Phi) is 3.26. The Morgan fingerprint density at radius 3 is 2.92 bits per heavy atom. The van der Waals surface area contributed by atoms with E-state index in [1.807, 2.05) is 12.3 Å². The zero-order valence-electron chi connectivity index (χ0n) is 7.54. The topological polar surface area (TPSA) is 35.2 Å². The largest absolute Gasteiger partial charge is 0.385 e. The Morgan fingerprint density at radius 2 is 2.42 bits per heavy atom. The Bertz CT molecular complexity index is 218. The van der Waals surface area contributed by atoms with E-state index in [1.54, 1.807) is 18.4 Å². The summed E-state index contributed by atoms with van der Waals surface area (Å²) in [6.45, 7) is 2.75. The van der Waals surface area contributed by atoms with Crippen molar-refractivity contribution in [2.45, 2.75) is 18.9 Å². The average Bonchev–Trinajstić information content (AvgIpc) is 2.53. The zero-order valence-corrected chi connectivity index (χ0v) is 8.36. The van der Waals surface area contributed by atoms with Gasteiger partial charge >= 0.3 is 0 Å². The van der Waals surface area contributed by atoms with Crippen LogP contribution in [0.4, 0.5) is 0 Å². The Labute approximate surface area is 77.3 Å². The van der Waals surface area contributed by atoms with Crippen molar-refractivity contribution in [3.8, 4) is 0 Å². The van der Waals surface area contributed by atoms with E-state index in [1.165, 1.54) is 5.56 Å². The summed E-state index contributed by atoms with van der Waals surface area (Å²) in [5.74, 6) is 0. The molecule has 1 aromatic rings. The fraction of sp³-hybridized carbons (Fsp3) is 0.556. The maximum Gasteiger partial charge on any atom is 0.0483 e. The molecule has 3 heteroatoms. The summed E-state index contributed by atoms with van der Waals surface area (Å²) in [6.07, 6.45) is 0.861. The fourth-order valence-corrected chi connectivity index (χ4v) is 1.85. The molecule has 12 heavy (non-hydrogen) atoms. The van der Waals surface area contributed by atoms with E-state index in [-0.39, 0.29) is 5.54 Å². The minimum absolute atomic E-state index is 0.240. The molecule has 0 aromatic carbocycles. The zero-order chi connectivity index (χ0) is 9.03. The first-order chi connectivity index (χ1) is 5.67. The number of thiophene rings is 1. The number of rotatable bonds is 4. The molecule has 0 saturated carbocycles. The number of methoxy groups -OCH3 is 1. The third-order valence-electron chi connectivity index (χ3n) is 2.01. The highest BCUT2D eigenvalue weighted by Gasteiger charge is 2.20. The van der Waals surface area contributed by atoms with Gasteiger partial charge in [0, 0.05) is 19.3 Å². The molecule has 1 rings (SSSR count). The van der Waals surface area contributed by atoms with Crippen molar-refractivity contribution in [2.75, 3.05) is 13.7 Å². The van der Waals surface area contributed by atoms with E-state index in [9.17, 15) is 0 Å². The van der Waals surface area contributed by atoms with Crippen LogP contribution in [0.3, 0.4) is 0 Å². The second-order valence-electron chi connectivity index (χ2n) is 3.17. The minimum Gasteiger partial charge on any atom is -0.385 e. The maximum absolute atomic E-state index is 6.10. The van der Waals surface area contributed by atoms with Crippen molar-refractivity contribution in [1.82, 2.24) is 0 Å². The summed E-state index contributed by atoms with van der Waals surface area (Å²) >= 11 is 1.68. The lowest BCUT2D eigenvalue weighted by Crippen LogP contribution is -2.33. The van der Waals surface area contributed by atoms with Gasteiger partial charge in [0.2, 0.25) is 0 Å². The van der Waals surface area contributed by atoms with Gasteiger partial charge in [-0.25, -0.2) is 0 Å². The summed E-state index contributed by atoms with van der Waals surface area (Å²) in [5.41, 5.74) is 7.05. The lowest BCUT2D eigenvalue weighted by molar-refractivity contribution is 0.172. The normalized spacial score (nSPS) is 15.9. The highest BCUT2D eigenvalue weighted by Crippen LogP contribution is 2.23. The Morgan fingerprint density at radius 1 is 1.67 bits per heavy atom. The third-order valence-corrected chi connectivity index (χ3v) is 2.69. The molecule has 1 atom stereocenters. The van der Waals surface area contributed by atoms with Gasteiger partial charge < -0.3 is 10.5 Å². The molecule has 0 spiro atoms. The van der Waals surface area contributed by atoms with Crippen LogP contribution >= 0.6 is 11.3 Å². The highest BCUT2D eigenvalue weighted by atomic mass is 32.1. The van der Waals surface area contributed by atoms with Crippen LogP contribution in [0.1, 0.15) is 18.9 Å². The van der Waals surface area contributed by atoms with Crippen molar-refractivity contribution in [2.24, 2.45) is 5.73 Å². The molecular formula is C9H15NOS. The molecule has 0 aliphatic carbocycles. The van der Waals surface area contributed by atoms with Crippen LogP contribution in [-0.2, 0) is 10.3 Å². The minimum atomic E-state index is -0.240. The first-order valence-corrected chi connectivity index (χ1v) is 4.91. The van der Waals surface area contributed by atoms with E-state index >= 15 is 0 Å². The molecule has 0 amide bonds. The molecule has 0 radical (unpaired) electrons.